The van der Waals surface area contributed by atoms with Gasteiger partial charge in [0, 0.05) is 17.1 Å². The maximum Gasteiger partial charge on any atom is 0.313 e. The van der Waals surface area contributed by atoms with Crippen molar-refractivity contribution in [2.24, 2.45) is 0 Å². The predicted molar refractivity (Wildman–Crippen MR) is 59.4 cm³/mol. The standard InChI is InChI=1S/C11H8N4O/c12-11-15-14-10(16-11)8-5-6-13-9-4-2-1-3-7(8)9/h1-6H,(H2,12,15). The van der Waals surface area contributed by atoms with Crippen LogP contribution in [0.1, 0.15) is 0 Å². The molecule has 1 aromatic carbocycles. The van der Waals surface area contributed by atoms with Gasteiger partial charge in [0.15, 0.2) is 0 Å². The maximum atomic E-state index is 5.40. The second-order valence-corrected chi connectivity index (χ2v) is 3.32. The molecule has 0 spiro atoms. The highest BCUT2D eigenvalue weighted by Gasteiger charge is 2.09. The normalized spacial score (nSPS) is 10.8. The Hall–Kier alpha value is -2.43. The number of hydrogen-bond donors (Lipinski definition) is 1. The Kier molecular flexibility index (Phi) is 1.83. The molecule has 0 atom stereocenters. The summed E-state index contributed by atoms with van der Waals surface area (Å²) in [5.41, 5.74) is 7.13. The van der Waals surface area contributed by atoms with Crippen LogP contribution in [0.25, 0.3) is 22.4 Å². The topological polar surface area (TPSA) is 77.8 Å². The Morgan fingerprint density at radius 2 is 1.94 bits per heavy atom. The van der Waals surface area contributed by atoms with E-state index in [1.54, 1.807) is 6.20 Å². The zero-order valence-corrected chi connectivity index (χ0v) is 8.29. The third-order valence-corrected chi connectivity index (χ3v) is 2.32. The number of anilines is 1. The van der Waals surface area contributed by atoms with Crippen molar-refractivity contribution in [3.8, 4) is 11.5 Å². The largest absolute Gasteiger partial charge is 0.404 e. The van der Waals surface area contributed by atoms with E-state index in [0.29, 0.717) is 5.89 Å². The van der Waals surface area contributed by atoms with E-state index in [4.69, 9.17) is 10.2 Å². The second-order valence-electron chi connectivity index (χ2n) is 3.32. The average Bonchev–Trinajstić information content (AvgIpc) is 2.75. The fourth-order valence-corrected chi connectivity index (χ4v) is 1.63. The first-order chi connectivity index (χ1) is 7.84. The van der Waals surface area contributed by atoms with Gasteiger partial charge in [0.25, 0.3) is 0 Å². The molecule has 2 heterocycles. The molecule has 5 heteroatoms. The summed E-state index contributed by atoms with van der Waals surface area (Å²) >= 11 is 0. The third kappa shape index (κ3) is 1.30. The lowest BCUT2D eigenvalue weighted by atomic mass is 10.1. The summed E-state index contributed by atoms with van der Waals surface area (Å²) in [6, 6.07) is 9.65. The number of hydrogen-bond acceptors (Lipinski definition) is 5. The Balaban J connectivity index is 2.31. The van der Waals surface area contributed by atoms with Gasteiger partial charge >= 0.3 is 6.01 Å². The lowest BCUT2D eigenvalue weighted by Gasteiger charge is -2.00. The van der Waals surface area contributed by atoms with Crippen molar-refractivity contribution in [3.05, 3.63) is 36.5 Å². The summed E-state index contributed by atoms with van der Waals surface area (Å²) in [6.45, 7) is 0. The Morgan fingerprint density at radius 1 is 1.06 bits per heavy atom. The zero-order chi connectivity index (χ0) is 11.0. The molecule has 0 unspecified atom stereocenters. The minimum Gasteiger partial charge on any atom is -0.404 e. The monoisotopic (exact) mass is 212 g/mol. The van der Waals surface area contributed by atoms with Crippen LogP contribution in [0.3, 0.4) is 0 Å². The van der Waals surface area contributed by atoms with Gasteiger partial charge in [0.05, 0.1) is 5.52 Å². The Bertz CT molecular complexity index is 642. The van der Waals surface area contributed by atoms with E-state index in [1.165, 1.54) is 0 Å². The van der Waals surface area contributed by atoms with Crippen molar-refractivity contribution in [1.82, 2.24) is 15.2 Å². The Morgan fingerprint density at radius 3 is 2.75 bits per heavy atom. The quantitative estimate of drug-likeness (QED) is 0.666. The summed E-state index contributed by atoms with van der Waals surface area (Å²) in [6.07, 6.45) is 1.71. The van der Waals surface area contributed by atoms with Gasteiger partial charge in [-0.1, -0.05) is 23.3 Å². The molecular formula is C11H8N4O. The number of pyridine rings is 1. The van der Waals surface area contributed by atoms with E-state index in [2.05, 4.69) is 15.2 Å². The summed E-state index contributed by atoms with van der Waals surface area (Å²) in [5, 5.41) is 8.47. The summed E-state index contributed by atoms with van der Waals surface area (Å²) in [4.78, 5) is 4.25. The molecule has 0 amide bonds. The lowest BCUT2D eigenvalue weighted by molar-refractivity contribution is 0.591. The minimum atomic E-state index is 0.0656. The van der Waals surface area contributed by atoms with Crippen LogP contribution in [0.15, 0.2) is 40.9 Å². The number of para-hydroxylation sites is 1. The molecular weight excluding hydrogens is 204 g/mol. The number of benzene rings is 1. The molecule has 0 aliphatic heterocycles. The van der Waals surface area contributed by atoms with Crippen molar-refractivity contribution >= 4 is 16.9 Å². The fourth-order valence-electron chi connectivity index (χ4n) is 1.63. The van der Waals surface area contributed by atoms with E-state index in [9.17, 15) is 0 Å². The van der Waals surface area contributed by atoms with Crippen LogP contribution in [-0.2, 0) is 0 Å². The van der Waals surface area contributed by atoms with Crippen LogP contribution in [0, 0.1) is 0 Å². The molecule has 78 valence electrons. The maximum absolute atomic E-state index is 5.40. The zero-order valence-electron chi connectivity index (χ0n) is 8.29. The first kappa shape index (κ1) is 8.84. The molecule has 0 aliphatic rings. The van der Waals surface area contributed by atoms with Crippen molar-refractivity contribution in [1.29, 1.82) is 0 Å². The smallest absolute Gasteiger partial charge is 0.313 e. The summed E-state index contributed by atoms with van der Waals surface area (Å²) in [7, 11) is 0. The SMILES string of the molecule is Nc1nnc(-c2ccnc3ccccc23)o1. The number of aromatic nitrogens is 3. The molecule has 0 fully saturated rings. The van der Waals surface area contributed by atoms with Crippen LogP contribution < -0.4 is 5.73 Å². The molecule has 3 aromatic rings. The summed E-state index contributed by atoms with van der Waals surface area (Å²) in [5.74, 6) is 0.413. The molecule has 16 heavy (non-hydrogen) atoms. The number of rotatable bonds is 1. The number of fused-ring (bicyclic) bond motifs is 1. The number of nitrogen functional groups attached to an aromatic ring is 1. The van der Waals surface area contributed by atoms with E-state index < -0.39 is 0 Å². The van der Waals surface area contributed by atoms with Crippen LogP contribution >= 0.6 is 0 Å². The molecule has 0 saturated heterocycles. The first-order valence-electron chi connectivity index (χ1n) is 4.78. The highest BCUT2D eigenvalue weighted by atomic mass is 16.4. The second kappa shape index (κ2) is 3.30. The van der Waals surface area contributed by atoms with Gasteiger partial charge in [-0.25, -0.2) is 0 Å². The molecule has 3 rings (SSSR count). The predicted octanol–water partition coefficient (Wildman–Crippen LogP) is 1.87. The van der Waals surface area contributed by atoms with E-state index in [-0.39, 0.29) is 6.01 Å². The van der Waals surface area contributed by atoms with Gasteiger partial charge in [-0.15, -0.1) is 5.10 Å². The number of nitrogens with zero attached hydrogens (tertiary/aromatic N) is 3. The lowest BCUT2D eigenvalue weighted by Crippen LogP contribution is -1.83. The van der Waals surface area contributed by atoms with Gasteiger partial charge < -0.3 is 10.2 Å². The van der Waals surface area contributed by atoms with Crippen LogP contribution in [-0.4, -0.2) is 15.2 Å². The average molecular weight is 212 g/mol. The van der Waals surface area contributed by atoms with Crippen molar-refractivity contribution in [2.75, 3.05) is 5.73 Å². The van der Waals surface area contributed by atoms with Crippen molar-refractivity contribution in [3.63, 3.8) is 0 Å². The highest BCUT2D eigenvalue weighted by molar-refractivity contribution is 5.91. The van der Waals surface area contributed by atoms with Crippen molar-refractivity contribution < 1.29 is 4.42 Å². The molecule has 0 radical (unpaired) electrons. The molecule has 2 aromatic heterocycles. The van der Waals surface area contributed by atoms with Crippen molar-refractivity contribution in [2.45, 2.75) is 0 Å². The van der Waals surface area contributed by atoms with E-state index >= 15 is 0 Å². The Labute approximate surface area is 90.9 Å². The summed E-state index contributed by atoms with van der Waals surface area (Å²) < 4.78 is 5.21. The van der Waals surface area contributed by atoms with Crippen LogP contribution in [0.4, 0.5) is 6.01 Å². The van der Waals surface area contributed by atoms with E-state index in [0.717, 1.165) is 16.5 Å². The molecule has 0 bridgehead atoms. The fraction of sp³-hybridized carbons (Fsp3) is 0. The molecule has 0 aliphatic carbocycles. The van der Waals surface area contributed by atoms with Gasteiger partial charge in [-0.3, -0.25) is 4.98 Å². The van der Waals surface area contributed by atoms with Gasteiger partial charge in [0.2, 0.25) is 5.89 Å². The highest BCUT2D eigenvalue weighted by Crippen LogP contribution is 2.26. The molecule has 2 N–H and O–H groups in total. The van der Waals surface area contributed by atoms with E-state index in [1.807, 2.05) is 30.3 Å². The van der Waals surface area contributed by atoms with Crippen LogP contribution in [0.2, 0.25) is 0 Å². The number of nitrogens with two attached hydrogens (primary N) is 1. The first-order valence-corrected chi connectivity index (χ1v) is 4.78. The minimum absolute atomic E-state index is 0.0656. The molecule has 0 saturated carbocycles. The molecule has 5 nitrogen and oxygen atoms in total. The third-order valence-electron chi connectivity index (χ3n) is 2.32. The van der Waals surface area contributed by atoms with Crippen LogP contribution in [0.5, 0.6) is 0 Å². The van der Waals surface area contributed by atoms with Gasteiger partial charge in [-0.2, -0.15) is 0 Å². The van der Waals surface area contributed by atoms with Gasteiger partial charge in [-0.05, 0) is 12.1 Å². The van der Waals surface area contributed by atoms with Gasteiger partial charge in [0.1, 0.15) is 0 Å².